The number of nitrogens with one attached hydrogen (secondary N) is 2. The van der Waals surface area contributed by atoms with Gasteiger partial charge in [0.2, 0.25) is 0 Å². The highest BCUT2D eigenvalue weighted by Gasteiger charge is 2.62. The largest absolute Gasteiger partial charge is 0.418 e. The fraction of sp³-hybridized carbons (Fsp3) is 0.846. The molecule has 11 nitrogen and oxygen atoms in total. The quantitative estimate of drug-likeness (QED) is 0.357. The third-order valence-corrected chi connectivity index (χ3v) is 4.85. The zero-order valence-corrected chi connectivity index (χ0v) is 15.7. The van der Waals surface area contributed by atoms with Gasteiger partial charge in [0.15, 0.2) is 0 Å². The minimum absolute atomic E-state index is 0.0670. The summed E-state index contributed by atoms with van der Waals surface area (Å²) in [5, 5.41) is 2.84. The van der Waals surface area contributed by atoms with Crippen molar-refractivity contribution in [3.8, 4) is 0 Å². The summed E-state index contributed by atoms with van der Waals surface area (Å²) in [7, 11) is -3.49. The summed E-state index contributed by atoms with van der Waals surface area (Å²) < 4.78 is 62.9. The first-order valence-electron chi connectivity index (χ1n) is 8.11. The van der Waals surface area contributed by atoms with Crippen LogP contribution in [0.3, 0.4) is 0 Å². The Morgan fingerprint density at radius 2 is 2.07 bits per heavy atom. The number of fused-ring (bicyclic) bond motifs is 2. The molecule has 3 atom stereocenters. The molecule has 2 bridgehead atoms. The van der Waals surface area contributed by atoms with E-state index in [0.29, 0.717) is 0 Å². The molecule has 2 saturated heterocycles. The van der Waals surface area contributed by atoms with Gasteiger partial charge >= 0.3 is 16.4 Å². The number of halogens is 2. The third kappa shape index (κ3) is 4.82. The molecular weight excluding hydrogens is 394 g/mol. The fourth-order valence-electron chi connectivity index (χ4n) is 2.97. The lowest BCUT2D eigenvalue weighted by atomic mass is 9.96. The normalized spacial score (nSPS) is 25.8. The molecule has 0 aliphatic carbocycles. The molecule has 156 valence electrons. The highest BCUT2D eigenvalue weighted by molar-refractivity contribution is 7.80. The van der Waals surface area contributed by atoms with Gasteiger partial charge in [-0.3, -0.25) is 14.2 Å². The van der Waals surface area contributed by atoms with Crippen LogP contribution in [0.2, 0.25) is 0 Å². The lowest BCUT2D eigenvalue weighted by Crippen LogP contribution is -2.56. The van der Waals surface area contributed by atoms with Crippen LogP contribution >= 0.6 is 0 Å². The van der Waals surface area contributed by atoms with Crippen molar-refractivity contribution < 1.29 is 40.5 Å². The second-order valence-electron chi connectivity index (χ2n) is 6.68. The van der Waals surface area contributed by atoms with Gasteiger partial charge in [0.1, 0.15) is 12.1 Å². The van der Waals surface area contributed by atoms with E-state index in [9.17, 15) is 26.8 Å². The van der Waals surface area contributed by atoms with E-state index in [4.69, 9.17) is 9.39 Å². The summed E-state index contributed by atoms with van der Waals surface area (Å²) in [5.74, 6) is -4.42. The van der Waals surface area contributed by atoms with E-state index >= 15 is 0 Å². The van der Waals surface area contributed by atoms with Gasteiger partial charge in [0.25, 0.3) is 11.8 Å². The van der Waals surface area contributed by atoms with Crippen LogP contribution in [0, 0.1) is 5.92 Å². The van der Waals surface area contributed by atoms with Crippen molar-refractivity contribution in [2.75, 3.05) is 20.2 Å². The number of carbonyl (C=O) groups excluding carboxylic acids is 2. The van der Waals surface area contributed by atoms with Crippen molar-refractivity contribution in [1.29, 1.82) is 0 Å². The van der Waals surface area contributed by atoms with Crippen LogP contribution in [0.15, 0.2) is 0 Å². The number of carbonyl (C=O) groups is 2. The summed E-state index contributed by atoms with van der Waals surface area (Å²) in [4.78, 5) is 30.2. The molecular formula is C13H22F2N4O7S. The number of urea groups is 1. The van der Waals surface area contributed by atoms with E-state index in [1.54, 1.807) is 7.05 Å². The molecule has 0 aromatic rings. The van der Waals surface area contributed by atoms with Gasteiger partial charge in [-0.1, -0.05) is 13.8 Å². The van der Waals surface area contributed by atoms with Gasteiger partial charge in [-0.25, -0.2) is 19.1 Å². The molecule has 1 unspecified atom stereocenters. The summed E-state index contributed by atoms with van der Waals surface area (Å²) in [6.07, 6.45) is -1.05. The van der Waals surface area contributed by atoms with E-state index in [2.05, 4.69) is 9.60 Å². The van der Waals surface area contributed by atoms with Crippen molar-refractivity contribution in [2.45, 2.75) is 44.3 Å². The fourth-order valence-corrected chi connectivity index (χ4v) is 3.34. The molecule has 0 spiro atoms. The van der Waals surface area contributed by atoms with E-state index in [0.717, 1.165) is 4.90 Å². The molecule has 0 aromatic heterocycles. The van der Waals surface area contributed by atoms with Crippen LogP contribution in [0.4, 0.5) is 13.6 Å². The van der Waals surface area contributed by atoms with Crippen molar-refractivity contribution in [3.05, 3.63) is 0 Å². The molecule has 2 aliphatic heterocycles. The zero-order chi connectivity index (χ0) is 20.6. The average Bonchev–Trinajstić information content (AvgIpc) is 2.81. The van der Waals surface area contributed by atoms with Gasteiger partial charge in [0, 0.05) is 12.5 Å². The Morgan fingerprint density at radius 3 is 2.59 bits per heavy atom. The molecule has 2 fully saturated rings. The topological polar surface area (TPSA) is 138 Å². The number of rotatable bonds is 8. The Hall–Kier alpha value is -1.61. The minimum Gasteiger partial charge on any atom is -0.314 e. The minimum atomic E-state index is -5.19. The third-order valence-electron chi connectivity index (χ3n) is 4.50. The van der Waals surface area contributed by atoms with E-state index < -0.39 is 53.3 Å². The number of likely N-dealkylation sites (N-methyl/N-ethyl adjacent to an activating group) is 1. The predicted molar refractivity (Wildman–Crippen MR) is 85.5 cm³/mol. The Morgan fingerprint density at radius 1 is 1.44 bits per heavy atom. The summed E-state index contributed by atoms with van der Waals surface area (Å²) in [6, 6.07) is -4.92. The van der Waals surface area contributed by atoms with Gasteiger partial charge in [-0.05, 0) is 13.0 Å². The standard InChI is InChI=1S/C13H22F2N4O7S/c1-7(2)8(16-3)6-25-17-11(20)9-4-13(14,15)10-5-18(9)12(21)19(10)26-27(22,23)24/h7-10,16H,4-6H2,1-3H3,(H,17,20)(H,22,23,24)/t8?,9-,10-/m0/s1. The van der Waals surface area contributed by atoms with Crippen molar-refractivity contribution in [2.24, 2.45) is 5.92 Å². The number of nitrogens with zero attached hydrogens (tertiary/aromatic N) is 2. The number of hydroxylamine groups is 3. The van der Waals surface area contributed by atoms with Crippen LogP contribution in [0.25, 0.3) is 0 Å². The molecule has 14 heteroatoms. The molecule has 0 saturated carbocycles. The second-order valence-corrected chi connectivity index (χ2v) is 7.68. The average molecular weight is 416 g/mol. The molecule has 0 radical (unpaired) electrons. The molecule has 2 rings (SSSR count). The van der Waals surface area contributed by atoms with Crippen molar-refractivity contribution >= 4 is 22.3 Å². The van der Waals surface area contributed by atoms with Gasteiger partial charge in [-0.15, -0.1) is 4.28 Å². The predicted octanol–water partition coefficient (Wildman–Crippen LogP) is -0.474. The highest BCUT2D eigenvalue weighted by atomic mass is 32.3. The summed E-state index contributed by atoms with van der Waals surface area (Å²) >= 11 is 0. The monoisotopic (exact) mass is 416 g/mol. The maximum absolute atomic E-state index is 14.3. The van der Waals surface area contributed by atoms with Crippen LogP contribution in [-0.4, -0.2) is 79.1 Å². The molecule has 2 aliphatic rings. The van der Waals surface area contributed by atoms with Crippen LogP contribution in [0.5, 0.6) is 0 Å². The molecule has 3 amide bonds. The van der Waals surface area contributed by atoms with Crippen molar-refractivity contribution in [1.82, 2.24) is 20.8 Å². The molecule has 27 heavy (non-hydrogen) atoms. The maximum atomic E-state index is 14.3. The lowest BCUT2D eigenvalue weighted by molar-refractivity contribution is -0.159. The van der Waals surface area contributed by atoms with Gasteiger partial charge in [0.05, 0.1) is 13.2 Å². The van der Waals surface area contributed by atoms with Crippen molar-refractivity contribution in [3.63, 3.8) is 0 Å². The Bertz CT molecular complexity index is 690. The first kappa shape index (κ1) is 21.7. The smallest absolute Gasteiger partial charge is 0.314 e. The first-order valence-corrected chi connectivity index (χ1v) is 9.47. The number of amides is 3. The number of hydrogen-bond donors (Lipinski definition) is 3. The number of piperidine rings is 1. The van der Waals surface area contributed by atoms with Gasteiger partial charge in [-0.2, -0.15) is 13.5 Å². The highest BCUT2D eigenvalue weighted by Crippen LogP contribution is 2.41. The number of hydrogen-bond acceptors (Lipinski definition) is 7. The maximum Gasteiger partial charge on any atom is 0.418 e. The molecule has 3 N–H and O–H groups in total. The number of alkyl halides is 2. The SMILES string of the molecule is CNC(CONC(=O)[C@@H]1CC(F)(F)[C@@H]2CN1C(=O)N2OS(=O)(=O)O)C(C)C. The molecule has 2 heterocycles. The summed E-state index contributed by atoms with van der Waals surface area (Å²) in [6.45, 7) is 3.25. The van der Waals surface area contributed by atoms with E-state index in [-0.39, 0.29) is 23.6 Å². The van der Waals surface area contributed by atoms with E-state index in [1.807, 2.05) is 19.3 Å². The lowest BCUT2D eigenvalue weighted by Gasteiger charge is -2.34. The first-order chi connectivity index (χ1) is 12.4. The Labute approximate surface area is 154 Å². The second kappa shape index (κ2) is 7.79. The zero-order valence-electron chi connectivity index (χ0n) is 14.9. The van der Waals surface area contributed by atoms with E-state index in [1.165, 1.54) is 0 Å². The van der Waals surface area contributed by atoms with Crippen LogP contribution in [-0.2, 0) is 24.3 Å². The summed E-state index contributed by atoms with van der Waals surface area (Å²) in [5.41, 5.74) is 2.04. The van der Waals surface area contributed by atoms with Crippen LogP contribution < -0.4 is 10.8 Å². The van der Waals surface area contributed by atoms with Crippen LogP contribution in [0.1, 0.15) is 20.3 Å². The van der Waals surface area contributed by atoms with Gasteiger partial charge < -0.3 is 10.2 Å². The Balaban J connectivity index is 2.07. The molecule has 0 aromatic carbocycles. The Kier molecular flexibility index (Phi) is 6.26.